The number of carbonyl (C=O) groups excluding carboxylic acids is 1. The van der Waals surface area contributed by atoms with Crippen LogP contribution in [-0.2, 0) is 9.53 Å². The van der Waals surface area contributed by atoms with Crippen LogP contribution in [0.5, 0.6) is 0 Å². The first-order chi connectivity index (χ1) is 4.74. The highest BCUT2D eigenvalue weighted by Crippen LogP contribution is 2.22. The molecule has 2 unspecified atom stereocenters. The molecule has 3 nitrogen and oxygen atoms in total. The summed E-state index contributed by atoms with van der Waals surface area (Å²) in [6.07, 6.45) is 2.38. The standard InChI is InChI=1S/C7H13NO2/c1-5(9)8-6-3-4-7(6)10-2/h6-7H,3-4H2,1-2H3,(H,8,9). The van der Waals surface area contributed by atoms with E-state index in [1.807, 2.05) is 0 Å². The SMILES string of the molecule is COC1CCC1NC(C)=O. The van der Waals surface area contributed by atoms with Gasteiger partial charge in [-0.25, -0.2) is 0 Å². The van der Waals surface area contributed by atoms with Gasteiger partial charge in [-0.1, -0.05) is 0 Å². The van der Waals surface area contributed by atoms with Gasteiger partial charge in [0.2, 0.25) is 5.91 Å². The van der Waals surface area contributed by atoms with E-state index in [0.29, 0.717) is 0 Å². The van der Waals surface area contributed by atoms with Crippen LogP contribution in [0.3, 0.4) is 0 Å². The van der Waals surface area contributed by atoms with Crippen molar-refractivity contribution in [3.05, 3.63) is 0 Å². The Balaban J connectivity index is 2.23. The van der Waals surface area contributed by atoms with E-state index in [4.69, 9.17) is 4.74 Å². The van der Waals surface area contributed by atoms with E-state index >= 15 is 0 Å². The van der Waals surface area contributed by atoms with Crippen LogP contribution < -0.4 is 5.32 Å². The topological polar surface area (TPSA) is 38.3 Å². The van der Waals surface area contributed by atoms with Gasteiger partial charge in [-0.05, 0) is 12.8 Å². The van der Waals surface area contributed by atoms with E-state index in [-0.39, 0.29) is 18.1 Å². The molecule has 0 radical (unpaired) electrons. The zero-order valence-corrected chi connectivity index (χ0v) is 6.39. The van der Waals surface area contributed by atoms with Crippen molar-refractivity contribution in [1.82, 2.24) is 5.32 Å². The highest BCUT2D eigenvalue weighted by atomic mass is 16.5. The van der Waals surface area contributed by atoms with Crippen molar-refractivity contribution in [3.63, 3.8) is 0 Å². The third-order valence-electron chi connectivity index (χ3n) is 1.90. The van der Waals surface area contributed by atoms with Crippen molar-refractivity contribution in [3.8, 4) is 0 Å². The number of amides is 1. The molecule has 1 fully saturated rings. The fourth-order valence-corrected chi connectivity index (χ4v) is 1.18. The average Bonchev–Trinajstić information content (AvgIpc) is 1.82. The second-order valence-corrected chi connectivity index (χ2v) is 2.66. The number of hydrogen-bond acceptors (Lipinski definition) is 2. The van der Waals surface area contributed by atoms with E-state index < -0.39 is 0 Å². The molecule has 2 atom stereocenters. The Morgan fingerprint density at radius 2 is 2.30 bits per heavy atom. The van der Waals surface area contributed by atoms with Crippen molar-refractivity contribution in [2.45, 2.75) is 31.9 Å². The summed E-state index contributed by atoms with van der Waals surface area (Å²) in [5.41, 5.74) is 0. The molecule has 1 saturated carbocycles. The molecule has 0 aromatic carbocycles. The molecule has 0 aromatic heterocycles. The van der Waals surface area contributed by atoms with Crippen molar-refractivity contribution < 1.29 is 9.53 Å². The van der Waals surface area contributed by atoms with Crippen molar-refractivity contribution in [1.29, 1.82) is 0 Å². The predicted octanol–water partition coefficient (Wildman–Crippen LogP) is 0.300. The Morgan fingerprint density at radius 3 is 2.60 bits per heavy atom. The number of nitrogens with one attached hydrogen (secondary N) is 1. The summed E-state index contributed by atoms with van der Waals surface area (Å²) in [6, 6.07) is 0.266. The molecule has 0 spiro atoms. The number of hydrogen-bond donors (Lipinski definition) is 1. The van der Waals surface area contributed by atoms with Gasteiger partial charge >= 0.3 is 0 Å². The number of ether oxygens (including phenoxy) is 1. The van der Waals surface area contributed by atoms with Gasteiger partial charge in [0.1, 0.15) is 0 Å². The number of rotatable bonds is 2. The molecule has 0 aromatic rings. The molecule has 0 aliphatic heterocycles. The highest BCUT2D eigenvalue weighted by Gasteiger charge is 2.30. The second kappa shape index (κ2) is 3.01. The highest BCUT2D eigenvalue weighted by molar-refractivity contribution is 5.73. The molecule has 1 N–H and O–H groups in total. The zero-order valence-electron chi connectivity index (χ0n) is 6.39. The third kappa shape index (κ3) is 1.48. The van der Waals surface area contributed by atoms with Crippen LogP contribution in [0.4, 0.5) is 0 Å². The van der Waals surface area contributed by atoms with Gasteiger partial charge in [-0.2, -0.15) is 0 Å². The van der Waals surface area contributed by atoms with E-state index in [2.05, 4.69) is 5.32 Å². The fraction of sp³-hybridized carbons (Fsp3) is 0.857. The van der Waals surface area contributed by atoms with Crippen molar-refractivity contribution in [2.24, 2.45) is 0 Å². The molecular weight excluding hydrogens is 130 g/mol. The summed E-state index contributed by atoms with van der Waals surface area (Å²) >= 11 is 0. The largest absolute Gasteiger partial charge is 0.379 e. The smallest absolute Gasteiger partial charge is 0.217 e. The normalized spacial score (nSPS) is 31.0. The molecule has 3 heteroatoms. The molecule has 1 amide bonds. The lowest BCUT2D eigenvalue weighted by atomic mass is 9.89. The van der Waals surface area contributed by atoms with E-state index in [1.54, 1.807) is 7.11 Å². The Hall–Kier alpha value is -0.570. The Bertz CT molecular complexity index is 134. The maximum atomic E-state index is 10.5. The minimum atomic E-state index is 0.0340. The van der Waals surface area contributed by atoms with Gasteiger partial charge < -0.3 is 10.1 Å². The summed E-state index contributed by atoms with van der Waals surface area (Å²) in [4.78, 5) is 10.5. The fourth-order valence-electron chi connectivity index (χ4n) is 1.18. The van der Waals surface area contributed by atoms with Crippen molar-refractivity contribution in [2.75, 3.05) is 7.11 Å². The van der Waals surface area contributed by atoms with Gasteiger partial charge in [0.05, 0.1) is 12.1 Å². The van der Waals surface area contributed by atoms with Crippen LogP contribution >= 0.6 is 0 Å². The average molecular weight is 143 g/mol. The van der Waals surface area contributed by atoms with E-state index in [0.717, 1.165) is 12.8 Å². The quantitative estimate of drug-likeness (QED) is 0.603. The molecule has 1 rings (SSSR count). The summed E-state index contributed by atoms with van der Waals surface area (Å²) in [6.45, 7) is 1.53. The molecule has 1 aliphatic carbocycles. The molecule has 0 heterocycles. The maximum Gasteiger partial charge on any atom is 0.217 e. The van der Waals surface area contributed by atoms with Gasteiger partial charge in [-0.3, -0.25) is 4.79 Å². The van der Waals surface area contributed by atoms with E-state index in [9.17, 15) is 4.79 Å². The third-order valence-corrected chi connectivity index (χ3v) is 1.90. The van der Waals surface area contributed by atoms with Crippen LogP contribution in [0.25, 0.3) is 0 Å². The van der Waals surface area contributed by atoms with Crippen LogP contribution in [-0.4, -0.2) is 25.2 Å². The Labute approximate surface area is 60.7 Å². The number of carbonyl (C=O) groups is 1. The lowest BCUT2D eigenvalue weighted by Crippen LogP contribution is -2.50. The predicted molar refractivity (Wildman–Crippen MR) is 37.6 cm³/mol. The first-order valence-corrected chi connectivity index (χ1v) is 3.54. The van der Waals surface area contributed by atoms with Crippen LogP contribution in [0.1, 0.15) is 19.8 Å². The summed E-state index contributed by atoms with van der Waals surface area (Å²) in [7, 11) is 1.68. The van der Waals surface area contributed by atoms with Crippen LogP contribution in [0.2, 0.25) is 0 Å². The molecule has 58 valence electrons. The minimum absolute atomic E-state index is 0.0340. The number of methoxy groups -OCH3 is 1. The van der Waals surface area contributed by atoms with Crippen molar-refractivity contribution >= 4 is 5.91 Å². The van der Waals surface area contributed by atoms with E-state index in [1.165, 1.54) is 6.92 Å². The zero-order chi connectivity index (χ0) is 7.56. The molecular formula is C7H13NO2. The minimum Gasteiger partial charge on any atom is -0.379 e. The summed E-state index contributed by atoms with van der Waals surface area (Å²) < 4.78 is 5.08. The molecule has 10 heavy (non-hydrogen) atoms. The second-order valence-electron chi connectivity index (χ2n) is 2.66. The Morgan fingerprint density at radius 1 is 1.60 bits per heavy atom. The first-order valence-electron chi connectivity index (χ1n) is 3.54. The lowest BCUT2D eigenvalue weighted by molar-refractivity contribution is -0.122. The summed E-state index contributed by atoms with van der Waals surface area (Å²) in [5, 5.41) is 2.82. The van der Waals surface area contributed by atoms with Gasteiger partial charge in [0, 0.05) is 14.0 Å². The van der Waals surface area contributed by atoms with Crippen LogP contribution in [0, 0.1) is 0 Å². The summed E-state index contributed by atoms with van der Waals surface area (Å²) in [5.74, 6) is 0.0340. The first kappa shape index (κ1) is 7.54. The molecule has 0 saturated heterocycles. The Kier molecular flexibility index (Phi) is 2.27. The van der Waals surface area contributed by atoms with Gasteiger partial charge in [-0.15, -0.1) is 0 Å². The molecule has 0 bridgehead atoms. The van der Waals surface area contributed by atoms with Gasteiger partial charge in [0.25, 0.3) is 0 Å². The lowest BCUT2D eigenvalue weighted by Gasteiger charge is -2.35. The monoisotopic (exact) mass is 143 g/mol. The van der Waals surface area contributed by atoms with Gasteiger partial charge in [0.15, 0.2) is 0 Å². The maximum absolute atomic E-state index is 10.5. The van der Waals surface area contributed by atoms with Crippen LogP contribution in [0.15, 0.2) is 0 Å². The molecule has 1 aliphatic rings.